The first-order chi connectivity index (χ1) is 7.06. The Hall–Kier alpha value is -0.460. The molecule has 2 N–H and O–H groups in total. The summed E-state index contributed by atoms with van der Waals surface area (Å²) >= 11 is 3.13. The highest BCUT2D eigenvalue weighted by atomic mass is 32.2. The number of hydrogen-bond acceptors (Lipinski definition) is 6. The van der Waals surface area contributed by atoms with Crippen LogP contribution in [-0.2, 0) is 0 Å². The number of anilines is 2. The lowest BCUT2D eigenvalue weighted by molar-refractivity contribution is 0.416. The van der Waals surface area contributed by atoms with Crippen molar-refractivity contribution in [2.45, 2.75) is 4.90 Å². The third kappa shape index (κ3) is 3.25. The van der Waals surface area contributed by atoms with E-state index in [1.165, 1.54) is 16.5 Å². The van der Waals surface area contributed by atoms with Crippen molar-refractivity contribution in [2.75, 3.05) is 51.1 Å². The Morgan fingerprint density at radius 1 is 1.33 bits per heavy atom. The molecule has 0 aliphatic carbocycles. The zero-order valence-corrected chi connectivity index (χ0v) is 11.3. The maximum absolute atomic E-state index is 5.79. The van der Waals surface area contributed by atoms with Gasteiger partial charge in [-0.05, 0) is 31.9 Å². The molecule has 0 atom stereocenters. The Morgan fingerprint density at radius 3 is 2.53 bits per heavy atom. The summed E-state index contributed by atoms with van der Waals surface area (Å²) in [6.07, 6.45) is 2.03. The maximum atomic E-state index is 5.79. The monoisotopic (exact) mass is 246 g/mol. The SMILES string of the molecule is CSc1c(N)nsc1N(C)CCN(C)C. The fourth-order valence-electron chi connectivity index (χ4n) is 1.17. The van der Waals surface area contributed by atoms with E-state index in [9.17, 15) is 0 Å². The van der Waals surface area contributed by atoms with Gasteiger partial charge in [0.2, 0.25) is 0 Å². The summed E-state index contributed by atoms with van der Waals surface area (Å²) in [4.78, 5) is 5.47. The minimum atomic E-state index is 0.652. The van der Waals surface area contributed by atoms with Crippen LogP contribution in [0.25, 0.3) is 0 Å². The van der Waals surface area contributed by atoms with Crippen LogP contribution < -0.4 is 10.6 Å². The molecule has 1 aromatic rings. The lowest BCUT2D eigenvalue weighted by atomic mass is 10.5. The van der Waals surface area contributed by atoms with Crippen molar-refractivity contribution in [3.8, 4) is 0 Å². The van der Waals surface area contributed by atoms with E-state index in [1.807, 2.05) is 6.26 Å². The molecule has 0 unspecified atom stereocenters. The van der Waals surface area contributed by atoms with E-state index in [0.717, 1.165) is 18.0 Å². The molecule has 86 valence electrons. The lowest BCUT2D eigenvalue weighted by Crippen LogP contribution is -2.28. The van der Waals surface area contributed by atoms with Crippen molar-refractivity contribution in [2.24, 2.45) is 0 Å². The third-order valence-electron chi connectivity index (χ3n) is 2.09. The van der Waals surface area contributed by atoms with Gasteiger partial charge in [-0.25, -0.2) is 0 Å². The lowest BCUT2D eigenvalue weighted by Gasteiger charge is -2.20. The summed E-state index contributed by atoms with van der Waals surface area (Å²) in [5, 5.41) is 1.17. The summed E-state index contributed by atoms with van der Waals surface area (Å²) in [6.45, 7) is 2.02. The molecule has 0 saturated heterocycles. The van der Waals surface area contributed by atoms with Crippen LogP contribution >= 0.6 is 23.3 Å². The minimum absolute atomic E-state index is 0.652. The van der Waals surface area contributed by atoms with Crippen molar-refractivity contribution >= 4 is 34.1 Å². The summed E-state index contributed by atoms with van der Waals surface area (Å²) in [5.74, 6) is 0.652. The molecule has 0 aromatic carbocycles. The second kappa shape index (κ2) is 5.58. The van der Waals surface area contributed by atoms with Crippen LogP contribution in [0.2, 0.25) is 0 Å². The normalized spacial score (nSPS) is 11.0. The fourth-order valence-corrected chi connectivity index (χ4v) is 2.87. The molecule has 0 bridgehead atoms. The van der Waals surface area contributed by atoms with Crippen molar-refractivity contribution < 1.29 is 0 Å². The first kappa shape index (κ1) is 12.6. The van der Waals surface area contributed by atoms with Crippen LogP contribution in [0, 0.1) is 0 Å². The Bertz CT molecular complexity index is 311. The molecule has 0 radical (unpaired) electrons. The molecule has 0 saturated carbocycles. The molecule has 0 spiro atoms. The molecule has 0 fully saturated rings. The zero-order valence-electron chi connectivity index (χ0n) is 9.65. The van der Waals surface area contributed by atoms with Crippen molar-refractivity contribution in [1.82, 2.24) is 9.27 Å². The number of hydrogen-bond donors (Lipinski definition) is 1. The van der Waals surface area contributed by atoms with Crippen LogP contribution in [0.5, 0.6) is 0 Å². The molecule has 0 amide bonds. The summed E-state index contributed by atoms with van der Waals surface area (Å²) in [6, 6.07) is 0. The van der Waals surface area contributed by atoms with Gasteiger partial charge in [-0.3, -0.25) is 0 Å². The average molecular weight is 246 g/mol. The average Bonchev–Trinajstić information content (AvgIpc) is 2.55. The van der Waals surface area contributed by atoms with Crippen molar-refractivity contribution in [3.63, 3.8) is 0 Å². The predicted octanol–water partition coefficient (Wildman–Crippen LogP) is 1.45. The summed E-state index contributed by atoms with van der Waals surface area (Å²) in [7, 11) is 6.23. The van der Waals surface area contributed by atoms with Crippen LogP contribution in [0.1, 0.15) is 0 Å². The van der Waals surface area contributed by atoms with Gasteiger partial charge in [0.1, 0.15) is 5.00 Å². The van der Waals surface area contributed by atoms with E-state index in [4.69, 9.17) is 5.73 Å². The second-order valence-corrected chi connectivity index (χ2v) is 5.20. The van der Waals surface area contributed by atoms with Gasteiger partial charge in [-0.2, -0.15) is 4.37 Å². The fraction of sp³-hybridized carbons (Fsp3) is 0.667. The van der Waals surface area contributed by atoms with Crippen LogP contribution in [0.3, 0.4) is 0 Å². The highest BCUT2D eigenvalue weighted by molar-refractivity contribution is 7.99. The van der Waals surface area contributed by atoms with Crippen molar-refractivity contribution in [1.29, 1.82) is 0 Å². The van der Waals surface area contributed by atoms with Gasteiger partial charge in [0.15, 0.2) is 5.82 Å². The van der Waals surface area contributed by atoms with Crippen LogP contribution in [0.15, 0.2) is 4.90 Å². The second-order valence-electron chi connectivity index (χ2n) is 3.63. The Balaban J connectivity index is 2.68. The number of nitrogens with two attached hydrogens (primary N) is 1. The highest BCUT2D eigenvalue weighted by Gasteiger charge is 2.14. The summed E-state index contributed by atoms with van der Waals surface area (Å²) < 4.78 is 4.18. The topological polar surface area (TPSA) is 45.4 Å². The van der Waals surface area contributed by atoms with Gasteiger partial charge in [0, 0.05) is 20.1 Å². The van der Waals surface area contributed by atoms with Gasteiger partial charge < -0.3 is 15.5 Å². The maximum Gasteiger partial charge on any atom is 0.153 e. The highest BCUT2D eigenvalue weighted by Crippen LogP contribution is 2.36. The molecular weight excluding hydrogens is 228 g/mol. The van der Waals surface area contributed by atoms with Gasteiger partial charge in [0.05, 0.1) is 4.90 Å². The number of nitrogens with zero attached hydrogens (tertiary/aromatic N) is 3. The molecular formula is C9H18N4S2. The van der Waals surface area contributed by atoms with Crippen LogP contribution in [0.4, 0.5) is 10.8 Å². The molecule has 4 nitrogen and oxygen atoms in total. The minimum Gasteiger partial charge on any atom is -0.382 e. The third-order valence-corrected chi connectivity index (χ3v) is 4.01. The first-order valence-corrected chi connectivity index (χ1v) is 6.71. The molecule has 0 aliphatic rings. The quantitative estimate of drug-likeness (QED) is 0.797. The van der Waals surface area contributed by atoms with E-state index in [-0.39, 0.29) is 0 Å². The zero-order chi connectivity index (χ0) is 11.4. The number of nitrogen functional groups attached to an aromatic ring is 1. The molecule has 1 aromatic heterocycles. The van der Waals surface area contributed by atoms with Gasteiger partial charge in [0.25, 0.3) is 0 Å². The Kier molecular flexibility index (Phi) is 4.69. The molecule has 1 rings (SSSR count). The molecule has 6 heteroatoms. The summed E-state index contributed by atoms with van der Waals surface area (Å²) in [5.41, 5.74) is 5.79. The van der Waals surface area contributed by atoms with Gasteiger partial charge in [-0.1, -0.05) is 0 Å². The van der Waals surface area contributed by atoms with E-state index in [1.54, 1.807) is 11.8 Å². The number of rotatable bonds is 5. The van der Waals surface area contributed by atoms with E-state index >= 15 is 0 Å². The molecule has 1 heterocycles. The smallest absolute Gasteiger partial charge is 0.153 e. The van der Waals surface area contributed by atoms with Gasteiger partial charge >= 0.3 is 0 Å². The van der Waals surface area contributed by atoms with E-state index in [0.29, 0.717) is 5.82 Å². The Morgan fingerprint density at radius 2 is 2.00 bits per heavy atom. The number of aromatic nitrogens is 1. The number of likely N-dealkylation sites (N-methyl/N-ethyl adjacent to an activating group) is 2. The Labute approximate surface area is 99.6 Å². The van der Waals surface area contributed by atoms with Crippen molar-refractivity contribution in [3.05, 3.63) is 0 Å². The molecule has 15 heavy (non-hydrogen) atoms. The first-order valence-electron chi connectivity index (χ1n) is 4.71. The van der Waals surface area contributed by atoms with Crippen LogP contribution in [-0.4, -0.2) is 49.8 Å². The van der Waals surface area contributed by atoms with E-state index in [2.05, 4.69) is 35.3 Å². The standard InChI is InChI=1S/C9H18N4S2/c1-12(2)5-6-13(3)9-7(14-4)8(10)11-15-9/h5-6H2,1-4H3,(H2,10,11). The van der Waals surface area contributed by atoms with Gasteiger partial charge in [-0.15, -0.1) is 11.8 Å². The number of thioether (sulfide) groups is 1. The van der Waals surface area contributed by atoms with E-state index < -0.39 is 0 Å². The molecule has 0 aliphatic heterocycles. The predicted molar refractivity (Wildman–Crippen MR) is 70.1 cm³/mol. The largest absolute Gasteiger partial charge is 0.382 e.